The molecule has 0 fully saturated rings. The predicted molar refractivity (Wildman–Crippen MR) is 140 cm³/mol. The van der Waals surface area contributed by atoms with E-state index in [0.29, 0.717) is 6.04 Å². The number of nitrogens with zero attached hydrogens (tertiary/aromatic N) is 2. The van der Waals surface area contributed by atoms with Gasteiger partial charge in [0.2, 0.25) is 0 Å². The van der Waals surface area contributed by atoms with Gasteiger partial charge < -0.3 is 4.57 Å². The molecule has 0 bridgehead atoms. The Labute approximate surface area is 199 Å². The second-order valence-corrected chi connectivity index (χ2v) is 9.98. The Morgan fingerprint density at radius 1 is 0.656 bits per heavy atom. The number of unbranched alkanes of at least 4 members (excludes halogenated alkanes) is 12. The molecule has 0 spiro atoms. The molecule has 2 rings (SSSR count). The van der Waals surface area contributed by atoms with Crippen molar-refractivity contribution in [3.8, 4) is 0 Å². The summed E-state index contributed by atoms with van der Waals surface area (Å²) in [5.41, 5.74) is 2.71. The van der Waals surface area contributed by atoms with E-state index in [0.717, 1.165) is 19.3 Å². The highest BCUT2D eigenvalue weighted by Crippen LogP contribution is 2.17. The van der Waals surface area contributed by atoms with E-state index in [1.54, 1.807) is 0 Å². The third-order valence-electron chi connectivity index (χ3n) is 6.66. The number of benzene rings is 1. The van der Waals surface area contributed by atoms with Gasteiger partial charge in [-0.1, -0.05) is 114 Å². The zero-order chi connectivity index (χ0) is 22.9. The molecule has 0 saturated heterocycles. The van der Waals surface area contributed by atoms with Crippen molar-refractivity contribution in [3.05, 3.63) is 53.6 Å². The smallest absolute Gasteiger partial charge is 0.109 e. The highest BCUT2D eigenvalue weighted by molar-refractivity contribution is 5.15. The lowest BCUT2D eigenvalue weighted by molar-refractivity contribution is 0.528. The van der Waals surface area contributed by atoms with Gasteiger partial charge >= 0.3 is 0 Å². The molecule has 32 heavy (non-hydrogen) atoms. The first-order valence-corrected chi connectivity index (χ1v) is 13.8. The monoisotopic (exact) mass is 438 g/mol. The lowest BCUT2D eigenvalue weighted by atomic mass is 10.0. The highest BCUT2D eigenvalue weighted by Gasteiger charge is 2.10. The predicted octanol–water partition coefficient (Wildman–Crippen LogP) is 9.27. The molecule has 0 aliphatic carbocycles. The van der Waals surface area contributed by atoms with Crippen molar-refractivity contribution in [2.45, 2.75) is 136 Å². The van der Waals surface area contributed by atoms with Crippen LogP contribution in [-0.4, -0.2) is 9.55 Å². The summed E-state index contributed by atoms with van der Waals surface area (Å²) in [4.78, 5) is 5.02. The highest BCUT2D eigenvalue weighted by atomic mass is 15.1. The SMILES string of the molecule is CCCCCCCCCCCCCCCc1nc(CCCc2ccccc2)cn1C(C)C. The molecule has 180 valence electrons. The van der Waals surface area contributed by atoms with Gasteiger partial charge in [-0.15, -0.1) is 0 Å². The van der Waals surface area contributed by atoms with E-state index in [2.05, 4.69) is 61.9 Å². The van der Waals surface area contributed by atoms with Crippen LogP contribution in [0.25, 0.3) is 0 Å². The third-order valence-corrected chi connectivity index (χ3v) is 6.66. The number of imidazole rings is 1. The maximum Gasteiger partial charge on any atom is 0.109 e. The van der Waals surface area contributed by atoms with Gasteiger partial charge in [-0.05, 0) is 45.1 Å². The molecule has 0 atom stereocenters. The fourth-order valence-electron chi connectivity index (χ4n) is 4.66. The van der Waals surface area contributed by atoms with Gasteiger partial charge in [0.15, 0.2) is 0 Å². The molecule has 1 aromatic heterocycles. The largest absolute Gasteiger partial charge is 0.332 e. The van der Waals surface area contributed by atoms with Crippen LogP contribution in [0.3, 0.4) is 0 Å². The van der Waals surface area contributed by atoms with Crippen molar-refractivity contribution in [1.82, 2.24) is 9.55 Å². The zero-order valence-corrected chi connectivity index (χ0v) is 21.5. The van der Waals surface area contributed by atoms with Gasteiger partial charge in [0, 0.05) is 18.7 Å². The summed E-state index contributed by atoms with van der Waals surface area (Å²) in [5.74, 6) is 1.30. The summed E-state index contributed by atoms with van der Waals surface area (Å²) < 4.78 is 2.42. The molecule has 0 saturated carbocycles. The van der Waals surface area contributed by atoms with E-state index in [1.165, 1.54) is 107 Å². The summed E-state index contributed by atoms with van der Waals surface area (Å²) in [6.45, 7) is 6.86. The first-order valence-electron chi connectivity index (χ1n) is 13.8. The van der Waals surface area contributed by atoms with Crippen LogP contribution in [0.15, 0.2) is 36.5 Å². The summed E-state index contributed by atoms with van der Waals surface area (Å²) in [6, 6.07) is 11.3. The van der Waals surface area contributed by atoms with Crippen molar-refractivity contribution in [1.29, 1.82) is 0 Å². The van der Waals surface area contributed by atoms with E-state index in [9.17, 15) is 0 Å². The molecule has 0 aliphatic rings. The van der Waals surface area contributed by atoms with Gasteiger partial charge in [-0.3, -0.25) is 0 Å². The molecule has 2 heteroatoms. The Balaban J connectivity index is 1.56. The summed E-state index contributed by atoms with van der Waals surface area (Å²) in [7, 11) is 0. The number of hydrogen-bond acceptors (Lipinski definition) is 1. The van der Waals surface area contributed by atoms with Crippen molar-refractivity contribution in [2.24, 2.45) is 0 Å². The van der Waals surface area contributed by atoms with Crippen molar-refractivity contribution < 1.29 is 0 Å². The summed E-state index contributed by atoms with van der Waals surface area (Å²) in [5, 5.41) is 0. The Kier molecular flexibility index (Phi) is 14.2. The van der Waals surface area contributed by atoms with Gasteiger partial charge in [-0.2, -0.15) is 0 Å². The van der Waals surface area contributed by atoms with Crippen LogP contribution in [0.1, 0.15) is 134 Å². The molecule has 0 aliphatic heterocycles. The van der Waals surface area contributed by atoms with Crippen LogP contribution >= 0.6 is 0 Å². The van der Waals surface area contributed by atoms with Crippen molar-refractivity contribution in [3.63, 3.8) is 0 Å². The average Bonchev–Trinajstić information content (AvgIpc) is 3.21. The van der Waals surface area contributed by atoms with Gasteiger partial charge in [0.25, 0.3) is 0 Å². The lowest BCUT2D eigenvalue weighted by Crippen LogP contribution is -2.05. The maximum atomic E-state index is 5.02. The Morgan fingerprint density at radius 2 is 1.22 bits per heavy atom. The standard InChI is InChI=1S/C30H50N2/c1-4-5-6-7-8-9-10-11-12-13-14-15-19-25-30-31-29(26-32(30)27(2)3)24-20-23-28-21-17-16-18-22-28/h16-18,21-22,26-27H,4-15,19-20,23-25H2,1-3H3. The minimum absolute atomic E-state index is 0.502. The Bertz CT molecular complexity index is 686. The third kappa shape index (κ3) is 11.3. The van der Waals surface area contributed by atoms with Crippen LogP contribution in [0.4, 0.5) is 0 Å². The number of hydrogen-bond donors (Lipinski definition) is 0. The van der Waals surface area contributed by atoms with Gasteiger partial charge in [0.05, 0.1) is 5.69 Å². The van der Waals surface area contributed by atoms with Gasteiger partial charge in [-0.25, -0.2) is 4.98 Å². The Morgan fingerprint density at radius 3 is 1.78 bits per heavy atom. The minimum Gasteiger partial charge on any atom is -0.332 e. The van der Waals surface area contributed by atoms with Crippen LogP contribution in [0, 0.1) is 0 Å². The fraction of sp³-hybridized carbons (Fsp3) is 0.700. The quantitative estimate of drug-likeness (QED) is 0.200. The minimum atomic E-state index is 0.502. The second kappa shape index (κ2) is 17.0. The average molecular weight is 439 g/mol. The molecule has 0 radical (unpaired) electrons. The molecule has 2 nitrogen and oxygen atoms in total. The van der Waals surface area contributed by atoms with Crippen LogP contribution < -0.4 is 0 Å². The molecule has 0 unspecified atom stereocenters. The topological polar surface area (TPSA) is 17.8 Å². The maximum absolute atomic E-state index is 5.02. The second-order valence-electron chi connectivity index (χ2n) is 9.98. The Hall–Kier alpha value is -1.57. The molecule has 0 amide bonds. The van der Waals surface area contributed by atoms with Crippen LogP contribution in [-0.2, 0) is 19.3 Å². The normalized spacial score (nSPS) is 11.5. The molecular weight excluding hydrogens is 388 g/mol. The van der Waals surface area contributed by atoms with E-state index < -0.39 is 0 Å². The lowest BCUT2D eigenvalue weighted by Gasteiger charge is -2.11. The van der Waals surface area contributed by atoms with Crippen molar-refractivity contribution >= 4 is 0 Å². The fourth-order valence-corrected chi connectivity index (χ4v) is 4.66. The molecular formula is C30H50N2. The molecule has 1 aromatic carbocycles. The van der Waals surface area contributed by atoms with E-state index >= 15 is 0 Å². The number of rotatable bonds is 19. The number of aryl methyl sites for hydroxylation is 3. The molecule has 1 heterocycles. The summed E-state index contributed by atoms with van der Waals surface area (Å²) in [6.07, 6.45) is 25.2. The molecule has 2 aromatic rings. The first-order chi connectivity index (χ1) is 15.7. The van der Waals surface area contributed by atoms with Crippen molar-refractivity contribution in [2.75, 3.05) is 0 Å². The number of aromatic nitrogens is 2. The summed E-state index contributed by atoms with van der Waals surface area (Å²) >= 11 is 0. The zero-order valence-electron chi connectivity index (χ0n) is 21.5. The molecule has 0 N–H and O–H groups in total. The van der Waals surface area contributed by atoms with E-state index in [4.69, 9.17) is 4.98 Å². The van der Waals surface area contributed by atoms with Gasteiger partial charge in [0.1, 0.15) is 5.82 Å². The van der Waals surface area contributed by atoms with Crippen LogP contribution in [0.5, 0.6) is 0 Å². The van der Waals surface area contributed by atoms with Crippen LogP contribution in [0.2, 0.25) is 0 Å². The van der Waals surface area contributed by atoms with E-state index in [-0.39, 0.29) is 0 Å². The van der Waals surface area contributed by atoms with E-state index in [1.807, 2.05) is 0 Å². The first kappa shape index (κ1) is 26.7.